The number of benzene rings is 2. The summed E-state index contributed by atoms with van der Waals surface area (Å²) in [6, 6.07) is 18.3. The van der Waals surface area contributed by atoms with Crippen LogP contribution in [-0.2, 0) is 7.05 Å². The van der Waals surface area contributed by atoms with Crippen LogP contribution in [-0.4, -0.2) is 30.6 Å². The zero-order valence-electron chi connectivity index (χ0n) is 18.1. The quantitative estimate of drug-likeness (QED) is 0.383. The summed E-state index contributed by atoms with van der Waals surface area (Å²) in [4.78, 5) is 26.0. The predicted octanol–water partition coefficient (Wildman–Crippen LogP) is 5.41. The van der Waals surface area contributed by atoms with Gasteiger partial charge >= 0.3 is 0 Å². The van der Waals surface area contributed by atoms with Crippen LogP contribution in [0.2, 0.25) is 0 Å². The van der Waals surface area contributed by atoms with E-state index in [1.807, 2.05) is 50.4 Å². The van der Waals surface area contributed by atoms with Gasteiger partial charge in [0.15, 0.2) is 11.5 Å². The molecule has 3 aromatic heterocycles. The molecule has 8 nitrogen and oxygen atoms in total. The van der Waals surface area contributed by atoms with E-state index in [0.717, 1.165) is 16.8 Å². The van der Waals surface area contributed by atoms with E-state index in [1.54, 1.807) is 47.5 Å². The maximum Gasteiger partial charge on any atom is 0.255 e. The number of ether oxygens (including phenoxy) is 1. The second-order valence-corrected chi connectivity index (χ2v) is 7.58. The zero-order valence-corrected chi connectivity index (χ0v) is 18.1. The molecule has 34 heavy (non-hydrogen) atoms. The number of amides is 1. The number of fused-ring (bicyclic) bond motifs is 1. The number of carbonyl (C=O) groups is 1. The van der Waals surface area contributed by atoms with E-state index in [0.29, 0.717) is 34.1 Å². The molecule has 1 amide bonds. The van der Waals surface area contributed by atoms with E-state index in [4.69, 9.17) is 4.74 Å². The number of aryl methyl sites for hydroxylation is 2. The SMILES string of the molecule is C.Cc1cccc(NC(=O)c2cccc(Oc3nc(-c4ccncc4)nc4nn(C)cc34)c2)c1. The van der Waals surface area contributed by atoms with Crippen LogP contribution in [0.25, 0.3) is 22.4 Å². The standard InChI is InChI=1S/C25H20N6O2.CH4/c1-16-5-3-7-19(13-16)27-24(32)18-6-4-8-20(14-18)33-25-21-15-31(2)30-23(21)28-22(29-25)17-9-11-26-12-10-17;/h3-15H,1-2H3,(H,27,32);1H4. The number of nitrogens with one attached hydrogen (secondary N) is 1. The highest BCUT2D eigenvalue weighted by Crippen LogP contribution is 2.30. The van der Waals surface area contributed by atoms with Crippen molar-refractivity contribution in [3.8, 4) is 23.0 Å². The van der Waals surface area contributed by atoms with E-state index in [2.05, 4.69) is 25.4 Å². The average Bonchev–Trinajstić information content (AvgIpc) is 3.20. The van der Waals surface area contributed by atoms with Gasteiger partial charge in [-0.3, -0.25) is 14.5 Å². The fourth-order valence-corrected chi connectivity index (χ4v) is 3.44. The second kappa shape index (κ2) is 9.50. The fourth-order valence-electron chi connectivity index (χ4n) is 3.44. The van der Waals surface area contributed by atoms with Crippen LogP contribution in [0.15, 0.2) is 79.3 Å². The van der Waals surface area contributed by atoms with E-state index in [1.165, 1.54) is 0 Å². The van der Waals surface area contributed by atoms with Gasteiger partial charge in [0.1, 0.15) is 11.1 Å². The number of carbonyl (C=O) groups excluding carboxylic acids is 1. The van der Waals surface area contributed by atoms with Gasteiger partial charge in [-0.05, 0) is 55.0 Å². The molecule has 0 saturated carbocycles. The van der Waals surface area contributed by atoms with Crippen molar-refractivity contribution in [3.05, 3.63) is 90.4 Å². The van der Waals surface area contributed by atoms with E-state index >= 15 is 0 Å². The first-order valence-electron chi connectivity index (χ1n) is 10.3. The maximum absolute atomic E-state index is 12.8. The van der Waals surface area contributed by atoms with E-state index < -0.39 is 0 Å². The first kappa shape index (κ1) is 22.6. The minimum Gasteiger partial charge on any atom is -0.438 e. The van der Waals surface area contributed by atoms with Gasteiger partial charge in [-0.2, -0.15) is 10.1 Å². The summed E-state index contributed by atoms with van der Waals surface area (Å²) in [5, 5.41) is 7.99. The summed E-state index contributed by atoms with van der Waals surface area (Å²) in [6.45, 7) is 1.98. The monoisotopic (exact) mass is 452 g/mol. The number of hydrogen-bond acceptors (Lipinski definition) is 6. The molecule has 0 aliphatic carbocycles. The van der Waals surface area contributed by atoms with Gasteiger partial charge in [-0.15, -0.1) is 0 Å². The van der Waals surface area contributed by atoms with Crippen LogP contribution in [0.5, 0.6) is 11.6 Å². The molecule has 0 unspecified atom stereocenters. The molecule has 0 fully saturated rings. The highest BCUT2D eigenvalue weighted by atomic mass is 16.5. The molecule has 5 rings (SSSR count). The number of hydrogen-bond donors (Lipinski definition) is 1. The Balaban J connectivity index is 0.00000274. The third kappa shape index (κ3) is 4.75. The first-order chi connectivity index (χ1) is 16.0. The smallest absolute Gasteiger partial charge is 0.255 e. The predicted molar refractivity (Wildman–Crippen MR) is 132 cm³/mol. The molecule has 0 atom stereocenters. The molecule has 170 valence electrons. The summed E-state index contributed by atoms with van der Waals surface area (Å²) < 4.78 is 7.79. The molecular weight excluding hydrogens is 428 g/mol. The minimum absolute atomic E-state index is 0. The number of aromatic nitrogens is 5. The Morgan fingerprint density at radius 2 is 1.79 bits per heavy atom. The normalized spacial score (nSPS) is 10.5. The molecule has 0 spiro atoms. The van der Waals surface area contributed by atoms with Gasteiger partial charge in [0.2, 0.25) is 5.88 Å². The molecule has 8 heteroatoms. The Morgan fingerprint density at radius 1 is 1.00 bits per heavy atom. The van der Waals surface area contributed by atoms with Crippen LogP contribution in [0, 0.1) is 6.92 Å². The lowest BCUT2D eigenvalue weighted by Crippen LogP contribution is -2.11. The third-order valence-electron chi connectivity index (χ3n) is 4.98. The van der Waals surface area contributed by atoms with Gasteiger partial charge in [-0.25, -0.2) is 4.98 Å². The molecular formula is C26H24N6O2. The van der Waals surface area contributed by atoms with Crippen molar-refractivity contribution in [2.45, 2.75) is 14.4 Å². The van der Waals surface area contributed by atoms with E-state index in [-0.39, 0.29) is 13.3 Å². The Labute approximate surface area is 197 Å². The van der Waals surface area contributed by atoms with Crippen LogP contribution in [0.4, 0.5) is 5.69 Å². The molecule has 0 aliphatic rings. The van der Waals surface area contributed by atoms with Gasteiger partial charge in [0, 0.05) is 42.5 Å². The number of nitrogens with zero attached hydrogens (tertiary/aromatic N) is 5. The lowest BCUT2D eigenvalue weighted by Gasteiger charge is -2.10. The molecule has 0 aliphatic heterocycles. The molecule has 0 saturated heterocycles. The van der Waals surface area contributed by atoms with Gasteiger partial charge < -0.3 is 10.1 Å². The van der Waals surface area contributed by atoms with Crippen molar-refractivity contribution in [2.75, 3.05) is 5.32 Å². The highest BCUT2D eigenvalue weighted by molar-refractivity contribution is 6.04. The Hall–Kier alpha value is -4.59. The second-order valence-electron chi connectivity index (χ2n) is 7.58. The van der Waals surface area contributed by atoms with E-state index in [9.17, 15) is 4.79 Å². The summed E-state index contributed by atoms with van der Waals surface area (Å²) in [5.41, 5.74) is 3.59. The molecule has 0 bridgehead atoms. The van der Waals surface area contributed by atoms with Crippen molar-refractivity contribution < 1.29 is 9.53 Å². The molecule has 0 radical (unpaired) electrons. The largest absolute Gasteiger partial charge is 0.438 e. The Morgan fingerprint density at radius 3 is 2.59 bits per heavy atom. The van der Waals surface area contributed by atoms with Crippen molar-refractivity contribution in [3.63, 3.8) is 0 Å². The van der Waals surface area contributed by atoms with Crippen molar-refractivity contribution in [1.82, 2.24) is 24.7 Å². The first-order valence-corrected chi connectivity index (χ1v) is 10.3. The van der Waals surface area contributed by atoms with Gasteiger partial charge in [0.05, 0.1) is 0 Å². The average molecular weight is 453 g/mol. The third-order valence-corrected chi connectivity index (χ3v) is 4.98. The molecule has 1 N–H and O–H groups in total. The van der Waals surface area contributed by atoms with Crippen molar-refractivity contribution >= 4 is 22.6 Å². The van der Waals surface area contributed by atoms with Gasteiger partial charge in [-0.1, -0.05) is 25.6 Å². The molecule has 5 aromatic rings. The summed E-state index contributed by atoms with van der Waals surface area (Å²) >= 11 is 0. The lowest BCUT2D eigenvalue weighted by molar-refractivity contribution is 0.102. The van der Waals surface area contributed by atoms with Crippen LogP contribution >= 0.6 is 0 Å². The van der Waals surface area contributed by atoms with Gasteiger partial charge in [0.25, 0.3) is 5.91 Å². The summed E-state index contributed by atoms with van der Waals surface area (Å²) in [5.74, 6) is 1.09. The topological polar surface area (TPSA) is 94.8 Å². The Kier molecular flexibility index (Phi) is 6.31. The van der Waals surface area contributed by atoms with Crippen molar-refractivity contribution in [1.29, 1.82) is 0 Å². The van der Waals surface area contributed by atoms with Crippen molar-refractivity contribution in [2.24, 2.45) is 7.05 Å². The summed E-state index contributed by atoms with van der Waals surface area (Å²) in [7, 11) is 1.81. The summed E-state index contributed by atoms with van der Waals surface area (Å²) in [6.07, 6.45) is 5.16. The van der Waals surface area contributed by atoms with Crippen LogP contribution in [0.1, 0.15) is 23.3 Å². The van der Waals surface area contributed by atoms with Crippen LogP contribution in [0.3, 0.4) is 0 Å². The number of rotatable bonds is 5. The van der Waals surface area contributed by atoms with Crippen LogP contribution < -0.4 is 10.1 Å². The fraction of sp³-hybridized carbons (Fsp3) is 0.115. The Bertz CT molecular complexity index is 1460. The number of anilines is 1. The molecule has 3 heterocycles. The number of pyridine rings is 1. The minimum atomic E-state index is -0.224. The zero-order chi connectivity index (χ0) is 22.8. The highest BCUT2D eigenvalue weighted by Gasteiger charge is 2.15. The maximum atomic E-state index is 12.8. The lowest BCUT2D eigenvalue weighted by atomic mass is 10.2. The molecule has 2 aromatic carbocycles.